The van der Waals surface area contributed by atoms with Gasteiger partial charge in [0.2, 0.25) is 0 Å². The maximum atomic E-state index is 14.4. The third kappa shape index (κ3) is 5.32. The molecule has 1 unspecified atom stereocenters. The van der Waals surface area contributed by atoms with Crippen LogP contribution in [-0.4, -0.2) is 41.1 Å². The van der Waals surface area contributed by atoms with Crippen molar-refractivity contribution in [2.24, 2.45) is 0 Å². The minimum atomic E-state index is -3.97. The molecule has 0 saturated carbocycles. The highest BCUT2D eigenvalue weighted by Gasteiger charge is 2.33. The normalized spacial score (nSPS) is 14.5. The van der Waals surface area contributed by atoms with Crippen LogP contribution in [0, 0.1) is 5.82 Å². The Bertz CT molecular complexity index is 2070. The van der Waals surface area contributed by atoms with E-state index in [4.69, 9.17) is 0 Å². The van der Waals surface area contributed by atoms with Crippen molar-refractivity contribution in [1.29, 1.82) is 0 Å². The highest BCUT2D eigenvalue weighted by Crippen LogP contribution is 2.31. The van der Waals surface area contributed by atoms with Crippen LogP contribution in [0.1, 0.15) is 30.9 Å². The average molecular weight is 620 g/mol. The van der Waals surface area contributed by atoms with Crippen LogP contribution < -0.4 is 26.2 Å². The Balaban J connectivity index is 1.24. The second-order valence-corrected chi connectivity index (χ2v) is 12.3. The van der Waals surface area contributed by atoms with Gasteiger partial charge >= 0.3 is 5.69 Å². The Morgan fingerprint density at radius 3 is 2.52 bits per heavy atom. The maximum absolute atomic E-state index is 14.4. The molecule has 0 aliphatic carbocycles. The van der Waals surface area contributed by atoms with E-state index in [9.17, 15) is 22.4 Å². The smallest absolute Gasteiger partial charge is 0.333 e. The molecule has 2 N–H and O–H groups in total. The van der Waals surface area contributed by atoms with E-state index in [2.05, 4.69) is 25.0 Å². The molecule has 0 fully saturated rings. The van der Waals surface area contributed by atoms with Gasteiger partial charge in [-0.2, -0.15) is 0 Å². The van der Waals surface area contributed by atoms with Gasteiger partial charge in [0.05, 0.1) is 6.54 Å². The molecular weight excluding hydrogens is 589 g/mol. The summed E-state index contributed by atoms with van der Waals surface area (Å²) in [6.07, 6.45) is 1.64. The van der Waals surface area contributed by atoms with Gasteiger partial charge in [0.1, 0.15) is 33.9 Å². The zero-order valence-electron chi connectivity index (χ0n) is 24.0. The monoisotopic (exact) mass is 619 g/mol. The number of halogens is 1. The summed E-state index contributed by atoms with van der Waals surface area (Å²) < 4.78 is 50.5. The Kier molecular flexibility index (Phi) is 7.67. The van der Waals surface area contributed by atoms with E-state index < -0.39 is 27.1 Å². The number of hydrogen-bond acceptors (Lipinski definition) is 9. The van der Waals surface area contributed by atoms with Crippen molar-refractivity contribution < 1.29 is 17.4 Å². The molecule has 0 amide bonds. The minimum Gasteiger partial charge on any atom is -0.357 e. The Morgan fingerprint density at radius 2 is 1.77 bits per heavy atom. The van der Waals surface area contributed by atoms with Gasteiger partial charge in [0.25, 0.3) is 15.6 Å². The molecule has 3 heterocycles. The number of nitrogens with zero attached hydrogens (tertiary/aromatic N) is 5. The summed E-state index contributed by atoms with van der Waals surface area (Å²) in [5.41, 5.74) is 1.20. The largest absolute Gasteiger partial charge is 0.357 e. The molecule has 1 aliphatic rings. The first-order valence-electron chi connectivity index (χ1n) is 14.1. The van der Waals surface area contributed by atoms with Gasteiger partial charge in [-0.15, -0.1) is 0 Å². The van der Waals surface area contributed by atoms with Crippen LogP contribution in [-0.2, 0) is 29.5 Å². The van der Waals surface area contributed by atoms with Crippen LogP contribution in [0.2, 0.25) is 0 Å². The number of unbranched alkanes of at least 4 members (excludes halogenated alkanes) is 1. The lowest BCUT2D eigenvalue weighted by atomic mass is 10.1. The molecule has 12 nitrogen and oxygen atoms in total. The van der Waals surface area contributed by atoms with Crippen LogP contribution in [0.4, 0.5) is 21.6 Å². The minimum absolute atomic E-state index is 0.0512. The van der Waals surface area contributed by atoms with Crippen LogP contribution in [0.25, 0.3) is 11.0 Å². The summed E-state index contributed by atoms with van der Waals surface area (Å²) in [5, 5.41) is 10.7. The third-order valence-electron chi connectivity index (χ3n) is 7.71. The first kappa shape index (κ1) is 29.1. The van der Waals surface area contributed by atoms with Crippen LogP contribution in [0.5, 0.6) is 0 Å². The summed E-state index contributed by atoms with van der Waals surface area (Å²) in [4.78, 5) is 29.0. The van der Waals surface area contributed by atoms with Crippen molar-refractivity contribution in [1.82, 2.24) is 19.4 Å². The number of sulfonamides is 1. The van der Waals surface area contributed by atoms with E-state index in [0.717, 1.165) is 23.0 Å². The number of likely N-dealkylation sites (N-methyl/N-ethyl adjacent to an activating group) is 1. The number of benzene rings is 3. The van der Waals surface area contributed by atoms with E-state index in [1.807, 2.05) is 18.9 Å². The molecular formula is C30H30FN7O5S. The fraction of sp³-hybridized carbons (Fsp3) is 0.267. The molecule has 1 atom stereocenters. The first-order valence-corrected chi connectivity index (χ1v) is 15.6. The number of fused-ring (bicyclic) bond motifs is 2. The zero-order valence-corrected chi connectivity index (χ0v) is 24.8. The lowest BCUT2D eigenvalue weighted by molar-refractivity contribution is 0.315. The highest BCUT2D eigenvalue weighted by atomic mass is 32.2. The van der Waals surface area contributed by atoms with Crippen molar-refractivity contribution in [3.63, 3.8) is 0 Å². The van der Waals surface area contributed by atoms with Crippen LogP contribution in [0.15, 0.2) is 85.8 Å². The van der Waals surface area contributed by atoms with E-state index in [0.29, 0.717) is 30.0 Å². The Labute approximate surface area is 251 Å². The second kappa shape index (κ2) is 11.6. The SMILES string of the molecule is CCCCn1c2c(c(=O)n(Cc3ccccc3F)c1=O)NC(Cc1ccc(NS(=O)(=O)c3cccc4nonc34)cc1)N2C. The number of rotatable bonds is 10. The van der Waals surface area contributed by atoms with Gasteiger partial charge in [0, 0.05) is 31.3 Å². The van der Waals surface area contributed by atoms with E-state index in [1.54, 1.807) is 59.2 Å². The molecule has 1 aliphatic heterocycles. The van der Waals surface area contributed by atoms with E-state index in [-0.39, 0.29) is 34.4 Å². The molecule has 0 bridgehead atoms. The Morgan fingerprint density at radius 1 is 1.00 bits per heavy atom. The molecule has 0 saturated heterocycles. The van der Waals surface area contributed by atoms with Crippen molar-refractivity contribution >= 4 is 38.2 Å². The zero-order chi connectivity index (χ0) is 31.0. The fourth-order valence-electron chi connectivity index (χ4n) is 5.38. The molecule has 5 aromatic rings. The van der Waals surface area contributed by atoms with Crippen LogP contribution >= 0.6 is 0 Å². The summed E-state index contributed by atoms with van der Waals surface area (Å²) in [6.45, 7) is 2.24. The number of anilines is 3. The predicted molar refractivity (Wildman–Crippen MR) is 164 cm³/mol. The Hall–Kier alpha value is -4.98. The summed E-state index contributed by atoms with van der Waals surface area (Å²) in [6, 6.07) is 17.5. The molecule has 2 aromatic heterocycles. The van der Waals surface area contributed by atoms with E-state index >= 15 is 0 Å². The standard InChI is InChI=1S/C30H30FN7O5S/c1-3-4-16-37-28-27(29(39)38(30(37)40)18-20-8-5-6-9-22(20)31)32-25(36(28)2)17-19-12-14-21(15-13-19)35-44(41,42)24-11-7-10-23-26(24)34-43-33-23/h5-15,25,32,35H,3-4,16-18H2,1-2H3. The maximum Gasteiger partial charge on any atom is 0.333 e. The van der Waals surface area contributed by atoms with Gasteiger partial charge in [-0.3, -0.25) is 18.7 Å². The lowest BCUT2D eigenvalue weighted by Gasteiger charge is -2.24. The lowest BCUT2D eigenvalue weighted by Crippen LogP contribution is -2.42. The molecule has 14 heteroatoms. The number of nitrogens with one attached hydrogen (secondary N) is 2. The van der Waals surface area contributed by atoms with Gasteiger partial charge in [-0.25, -0.2) is 22.2 Å². The van der Waals surface area contributed by atoms with Gasteiger partial charge < -0.3 is 10.2 Å². The molecule has 0 spiro atoms. The molecule has 44 heavy (non-hydrogen) atoms. The first-order chi connectivity index (χ1) is 21.2. The van der Waals surface area contributed by atoms with Crippen LogP contribution in [0.3, 0.4) is 0 Å². The summed E-state index contributed by atoms with van der Waals surface area (Å²) >= 11 is 0. The summed E-state index contributed by atoms with van der Waals surface area (Å²) in [7, 11) is -2.15. The third-order valence-corrected chi connectivity index (χ3v) is 9.12. The van der Waals surface area contributed by atoms with Crippen molar-refractivity contribution in [2.45, 2.75) is 50.3 Å². The molecule has 6 rings (SSSR count). The molecule has 228 valence electrons. The number of aromatic nitrogens is 4. The highest BCUT2D eigenvalue weighted by molar-refractivity contribution is 7.93. The summed E-state index contributed by atoms with van der Waals surface area (Å²) in [5.74, 6) is 0.00411. The van der Waals surface area contributed by atoms with Gasteiger partial charge in [-0.05, 0) is 52.6 Å². The average Bonchev–Trinajstić information content (AvgIpc) is 3.62. The molecule has 0 radical (unpaired) electrons. The number of hydrogen-bond donors (Lipinski definition) is 2. The topological polar surface area (TPSA) is 144 Å². The quantitative estimate of drug-likeness (QED) is 0.239. The molecule has 3 aromatic carbocycles. The predicted octanol–water partition coefficient (Wildman–Crippen LogP) is 3.77. The van der Waals surface area contributed by atoms with Crippen molar-refractivity contribution in [3.05, 3.63) is 105 Å². The van der Waals surface area contributed by atoms with E-state index in [1.165, 1.54) is 12.1 Å². The van der Waals surface area contributed by atoms with Crippen molar-refractivity contribution in [3.8, 4) is 0 Å². The van der Waals surface area contributed by atoms with Gasteiger partial charge in [-0.1, -0.05) is 49.7 Å². The van der Waals surface area contributed by atoms with Crippen molar-refractivity contribution in [2.75, 3.05) is 22.0 Å². The second-order valence-electron chi connectivity index (χ2n) is 10.6. The fourth-order valence-corrected chi connectivity index (χ4v) is 6.59. The van der Waals surface area contributed by atoms with Gasteiger partial charge in [0.15, 0.2) is 5.52 Å².